The zero-order valence-electron chi connectivity index (χ0n) is 12.4. The summed E-state index contributed by atoms with van der Waals surface area (Å²) in [5.41, 5.74) is 1.67. The molecular formula is C16H26N2O. The highest BCUT2D eigenvalue weighted by molar-refractivity contribution is 5.50. The third-order valence-electron chi connectivity index (χ3n) is 4.18. The molecule has 1 aromatic carbocycles. The van der Waals surface area contributed by atoms with Crippen molar-refractivity contribution in [2.75, 3.05) is 38.7 Å². The van der Waals surface area contributed by atoms with Gasteiger partial charge in [-0.3, -0.25) is 0 Å². The molecule has 106 valence electrons. The summed E-state index contributed by atoms with van der Waals surface area (Å²) in [4.78, 5) is 2.37. The first kappa shape index (κ1) is 14.2. The predicted octanol–water partition coefficient (Wildman–Crippen LogP) is 2.91. The molecule has 1 saturated heterocycles. The zero-order valence-corrected chi connectivity index (χ0v) is 12.4. The van der Waals surface area contributed by atoms with E-state index in [1.165, 1.54) is 24.9 Å². The molecule has 19 heavy (non-hydrogen) atoms. The maximum Gasteiger partial charge on any atom is 0.120 e. The molecule has 0 aromatic heterocycles. The highest BCUT2D eigenvalue weighted by atomic mass is 16.5. The maximum absolute atomic E-state index is 5.31. The fourth-order valence-electron chi connectivity index (χ4n) is 3.20. The average molecular weight is 262 g/mol. The summed E-state index contributed by atoms with van der Waals surface area (Å²) >= 11 is 0. The Hall–Kier alpha value is -1.22. The second kappa shape index (κ2) is 6.29. The van der Waals surface area contributed by atoms with Gasteiger partial charge in [-0.25, -0.2) is 0 Å². The van der Waals surface area contributed by atoms with Crippen molar-refractivity contribution >= 4 is 5.69 Å². The molecule has 0 radical (unpaired) electrons. The van der Waals surface area contributed by atoms with Gasteiger partial charge in [-0.2, -0.15) is 0 Å². The number of benzene rings is 1. The zero-order chi connectivity index (χ0) is 13.7. The standard InChI is InChI=1S/C16H26N2O/c1-4-8-16(9-10-17-12-16)13-18(2)14-6-5-7-15(11-14)19-3/h5-7,11,17H,4,8-10,12-13H2,1-3H3. The number of nitrogens with zero attached hydrogens (tertiary/aromatic N) is 1. The van der Waals surface area contributed by atoms with Crippen LogP contribution in [0.15, 0.2) is 24.3 Å². The fourth-order valence-corrected chi connectivity index (χ4v) is 3.20. The van der Waals surface area contributed by atoms with E-state index in [9.17, 15) is 0 Å². The van der Waals surface area contributed by atoms with Gasteiger partial charge < -0.3 is 15.0 Å². The summed E-state index contributed by atoms with van der Waals surface area (Å²) in [6, 6.07) is 8.33. The van der Waals surface area contributed by atoms with Crippen molar-refractivity contribution in [1.29, 1.82) is 0 Å². The second-order valence-electron chi connectivity index (χ2n) is 5.73. The molecule has 1 N–H and O–H groups in total. The Morgan fingerprint density at radius 1 is 1.42 bits per heavy atom. The molecule has 1 unspecified atom stereocenters. The van der Waals surface area contributed by atoms with Crippen LogP contribution in [0.5, 0.6) is 5.75 Å². The van der Waals surface area contributed by atoms with E-state index in [2.05, 4.69) is 42.4 Å². The summed E-state index contributed by atoms with van der Waals surface area (Å²) in [5.74, 6) is 0.929. The molecule has 0 spiro atoms. The van der Waals surface area contributed by atoms with Crippen molar-refractivity contribution < 1.29 is 4.74 Å². The Labute approximate surface area is 116 Å². The van der Waals surface area contributed by atoms with Crippen LogP contribution >= 0.6 is 0 Å². The van der Waals surface area contributed by atoms with E-state index in [4.69, 9.17) is 4.74 Å². The summed E-state index contributed by atoms with van der Waals surface area (Å²) in [6.45, 7) is 5.70. The average Bonchev–Trinajstić information content (AvgIpc) is 2.87. The van der Waals surface area contributed by atoms with Gasteiger partial charge >= 0.3 is 0 Å². The lowest BCUT2D eigenvalue weighted by Crippen LogP contribution is -2.37. The summed E-state index contributed by atoms with van der Waals surface area (Å²) in [5, 5.41) is 3.53. The number of methoxy groups -OCH3 is 1. The van der Waals surface area contributed by atoms with E-state index in [0.29, 0.717) is 5.41 Å². The van der Waals surface area contributed by atoms with Gasteiger partial charge in [0.15, 0.2) is 0 Å². The number of hydrogen-bond donors (Lipinski definition) is 1. The Morgan fingerprint density at radius 3 is 2.89 bits per heavy atom. The van der Waals surface area contributed by atoms with Gasteiger partial charge in [0, 0.05) is 37.3 Å². The van der Waals surface area contributed by atoms with Crippen LogP contribution in [-0.4, -0.2) is 33.8 Å². The predicted molar refractivity (Wildman–Crippen MR) is 81.1 cm³/mol. The molecule has 0 aliphatic carbocycles. The van der Waals surface area contributed by atoms with E-state index >= 15 is 0 Å². The van der Waals surface area contributed by atoms with Gasteiger partial charge in [-0.15, -0.1) is 0 Å². The molecule has 2 rings (SSSR count). The smallest absolute Gasteiger partial charge is 0.120 e. The quantitative estimate of drug-likeness (QED) is 0.853. The molecule has 3 nitrogen and oxygen atoms in total. The van der Waals surface area contributed by atoms with Crippen molar-refractivity contribution in [3.05, 3.63) is 24.3 Å². The Morgan fingerprint density at radius 2 is 2.26 bits per heavy atom. The van der Waals surface area contributed by atoms with Crippen molar-refractivity contribution in [3.63, 3.8) is 0 Å². The van der Waals surface area contributed by atoms with Crippen molar-refractivity contribution in [2.24, 2.45) is 5.41 Å². The van der Waals surface area contributed by atoms with Gasteiger partial charge in [0.05, 0.1) is 7.11 Å². The lowest BCUT2D eigenvalue weighted by atomic mass is 9.82. The maximum atomic E-state index is 5.31. The van der Waals surface area contributed by atoms with Crippen LogP contribution in [0.2, 0.25) is 0 Å². The monoisotopic (exact) mass is 262 g/mol. The first-order chi connectivity index (χ1) is 9.19. The molecule has 1 heterocycles. The number of anilines is 1. The summed E-state index contributed by atoms with van der Waals surface area (Å²) < 4.78 is 5.31. The summed E-state index contributed by atoms with van der Waals surface area (Å²) in [7, 11) is 3.91. The molecule has 1 aliphatic rings. The largest absolute Gasteiger partial charge is 0.497 e. The molecule has 1 fully saturated rings. The molecule has 1 atom stereocenters. The highest BCUT2D eigenvalue weighted by Gasteiger charge is 2.34. The minimum atomic E-state index is 0.437. The van der Waals surface area contributed by atoms with E-state index in [1.54, 1.807) is 7.11 Å². The van der Waals surface area contributed by atoms with Crippen LogP contribution in [0, 0.1) is 5.41 Å². The second-order valence-corrected chi connectivity index (χ2v) is 5.73. The lowest BCUT2D eigenvalue weighted by Gasteiger charge is -2.34. The van der Waals surface area contributed by atoms with Crippen LogP contribution in [0.4, 0.5) is 5.69 Å². The SMILES string of the molecule is CCCC1(CN(C)c2cccc(OC)c2)CCNC1. The van der Waals surface area contributed by atoms with Crippen LogP contribution in [0.1, 0.15) is 26.2 Å². The van der Waals surface area contributed by atoms with Gasteiger partial charge in [0.1, 0.15) is 5.75 Å². The Kier molecular flexibility index (Phi) is 4.70. The summed E-state index contributed by atoms with van der Waals surface area (Å²) in [6.07, 6.45) is 3.84. The van der Waals surface area contributed by atoms with Crippen molar-refractivity contribution in [1.82, 2.24) is 5.32 Å². The molecule has 0 bridgehead atoms. The van der Waals surface area contributed by atoms with Crippen LogP contribution in [0.3, 0.4) is 0 Å². The minimum Gasteiger partial charge on any atom is -0.497 e. The molecule has 3 heteroatoms. The molecule has 0 saturated carbocycles. The first-order valence-electron chi connectivity index (χ1n) is 7.25. The van der Waals surface area contributed by atoms with Gasteiger partial charge in [0.2, 0.25) is 0 Å². The van der Waals surface area contributed by atoms with Crippen LogP contribution in [0.25, 0.3) is 0 Å². The van der Waals surface area contributed by atoms with Crippen molar-refractivity contribution in [2.45, 2.75) is 26.2 Å². The molecule has 1 aromatic rings. The van der Waals surface area contributed by atoms with Crippen LogP contribution < -0.4 is 15.0 Å². The topological polar surface area (TPSA) is 24.5 Å². The number of nitrogens with one attached hydrogen (secondary N) is 1. The van der Waals surface area contributed by atoms with Crippen LogP contribution in [-0.2, 0) is 0 Å². The normalized spacial score (nSPS) is 22.5. The number of rotatable bonds is 6. The first-order valence-corrected chi connectivity index (χ1v) is 7.25. The third-order valence-corrected chi connectivity index (χ3v) is 4.18. The fraction of sp³-hybridized carbons (Fsp3) is 0.625. The number of hydrogen-bond acceptors (Lipinski definition) is 3. The van der Waals surface area contributed by atoms with Gasteiger partial charge in [-0.05, 0) is 31.5 Å². The van der Waals surface area contributed by atoms with E-state index in [-0.39, 0.29) is 0 Å². The van der Waals surface area contributed by atoms with Crippen molar-refractivity contribution in [3.8, 4) is 5.75 Å². The Bertz CT molecular complexity index is 399. The highest BCUT2D eigenvalue weighted by Crippen LogP contribution is 2.33. The molecular weight excluding hydrogens is 236 g/mol. The molecule has 0 amide bonds. The van der Waals surface area contributed by atoms with E-state index in [1.807, 2.05) is 6.07 Å². The van der Waals surface area contributed by atoms with E-state index in [0.717, 1.165) is 25.4 Å². The van der Waals surface area contributed by atoms with Gasteiger partial charge in [-0.1, -0.05) is 19.4 Å². The van der Waals surface area contributed by atoms with E-state index < -0.39 is 0 Å². The third kappa shape index (κ3) is 3.41. The Balaban J connectivity index is 2.08. The number of ether oxygens (including phenoxy) is 1. The van der Waals surface area contributed by atoms with Gasteiger partial charge in [0.25, 0.3) is 0 Å². The lowest BCUT2D eigenvalue weighted by molar-refractivity contribution is 0.299. The minimum absolute atomic E-state index is 0.437. The molecule has 1 aliphatic heterocycles.